The van der Waals surface area contributed by atoms with Crippen LogP contribution in [0.15, 0.2) is 48.5 Å². The largest absolute Gasteiger partial charge is 0.508 e. The molecule has 0 radical (unpaired) electrons. The first-order chi connectivity index (χ1) is 11.0. The van der Waals surface area contributed by atoms with Crippen LogP contribution >= 0.6 is 0 Å². The van der Waals surface area contributed by atoms with Gasteiger partial charge in [-0.3, -0.25) is 4.79 Å². The predicted molar refractivity (Wildman–Crippen MR) is 81.5 cm³/mol. The molecule has 1 amide bonds. The minimum Gasteiger partial charge on any atom is -0.508 e. The zero-order valence-electron chi connectivity index (χ0n) is 12.5. The Morgan fingerprint density at radius 1 is 1.17 bits per heavy atom. The van der Waals surface area contributed by atoms with Crippen molar-refractivity contribution in [1.82, 2.24) is 5.32 Å². The number of ether oxygens (including phenoxy) is 1. The van der Waals surface area contributed by atoms with E-state index >= 15 is 0 Å². The Bertz CT molecular complexity index is 700. The number of hydrogen-bond acceptors (Lipinski definition) is 4. The van der Waals surface area contributed by atoms with E-state index in [0.717, 1.165) is 0 Å². The lowest BCUT2D eigenvalue weighted by atomic mass is 10.0. The molecule has 0 saturated carbocycles. The van der Waals surface area contributed by atoms with Gasteiger partial charge in [0.2, 0.25) is 0 Å². The van der Waals surface area contributed by atoms with Crippen molar-refractivity contribution < 1.29 is 23.8 Å². The number of aromatic hydroxyl groups is 1. The average molecular weight is 317 g/mol. The van der Waals surface area contributed by atoms with Crippen molar-refractivity contribution in [2.24, 2.45) is 0 Å². The van der Waals surface area contributed by atoms with E-state index in [0.29, 0.717) is 5.56 Å². The lowest BCUT2D eigenvalue weighted by molar-refractivity contribution is -0.142. The van der Waals surface area contributed by atoms with Gasteiger partial charge in [-0.05, 0) is 35.9 Å². The Morgan fingerprint density at radius 2 is 1.83 bits per heavy atom. The van der Waals surface area contributed by atoms with Crippen molar-refractivity contribution in [2.45, 2.75) is 12.5 Å². The third-order valence-corrected chi connectivity index (χ3v) is 3.30. The third-order valence-electron chi connectivity index (χ3n) is 3.30. The molecule has 0 aromatic heterocycles. The highest BCUT2D eigenvalue weighted by molar-refractivity contribution is 5.96. The first-order valence-electron chi connectivity index (χ1n) is 6.92. The minimum absolute atomic E-state index is 0.0246. The van der Waals surface area contributed by atoms with Gasteiger partial charge in [0.15, 0.2) is 0 Å². The van der Waals surface area contributed by atoms with E-state index in [1.54, 1.807) is 12.1 Å². The molecule has 2 aromatic rings. The number of carbonyl (C=O) groups is 2. The SMILES string of the molecule is COC(=O)[C@H](Cc1ccccc1F)NC(=O)c1ccc(O)cc1. The van der Waals surface area contributed by atoms with Crippen molar-refractivity contribution in [3.05, 3.63) is 65.5 Å². The summed E-state index contributed by atoms with van der Waals surface area (Å²) in [7, 11) is 1.20. The normalized spacial score (nSPS) is 11.6. The number of halogens is 1. The molecule has 23 heavy (non-hydrogen) atoms. The molecule has 6 heteroatoms. The Balaban J connectivity index is 2.16. The maximum atomic E-state index is 13.7. The molecular formula is C17H16FNO4. The lowest BCUT2D eigenvalue weighted by Gasteiger charge is -2.17. The van der Waals surface area contributed by atoms with Crippen LogP contribution in [0.2, 0.25) is 0 Å². The fourth-order valence-corrected chi connectivity index (χ4v) is 2.07. The maximum absolute atomic E-state index is 13.7. The molecule has 0 aliphatic heterocycles. The number of carbonyl (C=O) groups excluding carboxylic acids is 2. The van der Waals surface area contributed by atoms with E-state index in [1.165, 1.54) is 43.5 Å². The molecule has 120 valence electrons. The third kappa shape index (κ3) is 4.29. The van der Waals surface area contributed by atoms with Crippen LogP contribution in [-0.2, 0) is 16.0 Å². The summed E-state index contributed by atoms with van der Waals surface area (Å²) in [5.74, 6) is -1.62. The summed E-state index contributed by atoms with van der Waals surface area (Å²) in [5, 5.41) is 11.7. The molecule has 0 fully saturated rings. The predicted octanol–water partition coefficient (Wildman–Crippen LogP) is 2.05. The van der Waals surface area contributed by atoms with E-state index in [1.807, 2.05) is 0 Å². The first-order valence-corrected chi connectivity index (χ1v) is 6.92. The average Bonchev–Trinajstić information content (AvgIpc) is 2.56. The molecule has 2 rings (SSSR count). The quantitative estimate of drug-likeness (QED) is 0.828. The van der Waals surface area contributed by atoms with E-state index in [9.17, 15) is 19.1 Å². The number of benzene rings is 2. The molecule has 0 heterocycles. The van der Waals surface area contributed by atoms with Crippen LogP contribution in [0.4, 0.5) is 4.39 Å². The Labute approximate surface area is 132 Å². The van der Waals surface area contributed by atoms with Crippen LogP contribution in [0.5, 0.6) is 5.75 Å². The van der Waals surface area contributed by atoms with Gasteiger partial charge in [0.05, 0.1) is 7.11 Å². The van der Waals surface area contributed by atoms with Crippen LogP contribution in [0.3, 0.4) is 0 Å². The number of methoxy groups -OCH3 is 1. The van der Waals surface area contributed by atoms with Gasteiger partial charge in [0.1, 0.15) is 17.6 Å². The van der Waals surface area contributed by atoms with E-state index < -0.39 is 23.7 Å². The second kappa shape index (κ2) is 7.40. The van der Waals surface area contributed by atoms with E-state index in [4.69, 9.17) is 0 Å². The zero-order chi connectivity index (χ0) is 16.8. The molecule has 0 bridgehead atoms. The maximum Gasteiger partial charge on any atom is 0.328 e. The number of phenolic OH excluding ortho intramolecular Hbond substituents is 1. The molecule has 2 aromatic carbocycles. The summed E-state index contributed by atoms with van der Waals surface area (Å²) >= 11 is 0. The molecule has 5 nitrogen and oxygen atoms in total. The second-order valence-corrected chi connectivity index (χ2v) is 4.89. The molecular weight excluding hydrogens is 301 g/mol. The molecule has 0 unspecified atom stereocenters. The van der Waals surface area contributed by atoms with Crippen LogP contribution in [0.1, 0.15) is 15.9 Å². The number of phenols is 1. The monoisotopic (exact) mass is 317 g/mol. The summed E-state index contributed by atoms with van der Waals surface area (Å²) in [6.07, 6.45) is -0.0246. The summed E-state index contributed by atoms with van der Waals surface area (Å²) in [6.45, 7) is 0. The minimum atomic E-state index is -1.02. The summed E-state index contributed by atoms with van der Waals surface area (Å²) in [5.41, 5.74) is 0.569. The van der Waals surface area contributed by atoms with Crippen LogP contribution < -0.4 is 5.32 Å². The van der Waals surface area contributed by atoms with E-state index in [-0.39, 0.29) is 17.7 Å². The molecule has 0 spiro atoms. The number of rotatable bonds is 5. The van der Waals surface area contributed by atoms with Gasteiger partial charge in [-0.15, -0.1) is 0 Å². The van der Waals surface area contributed by atoms with Crippen molar-refractivity contribution in [3.8, 4) is 5.75 Å². The highest BCUT2D eigenvalue weighted by atomic mass is 19.1. The number of amides is 1. The molecule has 0 aliphatic rings. The molecule has 0 saturated heterocycles. The molecule has 0 aliphatic carbocycles. The first kappa shape index (κ1) is 16.5. The van der Waals surface area contributed by atoms with Gasteiger partial charge in [-0.2, -0.15) is 0 Å². The molecule has 1 atom stereocenters. The number of nitrogens with one attached hydrogen (secondary N) is 1. The Morgan fingerprint density at radius 3 is 2.43 bits per heavy atom. The highest BCUT2D eigenvalue weighted by Gasteiger charge is 2.23. The van der Waals surface area contributed by atoms with Gasteiger partial charge < -0.3 is 15.2 Å². The second-order valence-electron chi connectivity index (χ2n) is 4.89. The van der Waals surface area contributed by atoms with Crippen molar-refractivity contribution in [1.29, 1.82) is 0 Å². The number of hydrogen-bond donors (Lipinski definition) is 2. The van der Waals surface area contributed by atoms with Crippen molar-refractivity contribution in [2.75, 3.05) is 7.11 Å². The van der Waals surface area contributed by atoms with Crippen LogP contribution in [0, 0.1) is 5.82 Å². The Hall–Kier alpha value is -2.89. The van der Waals surface area contributed by atoms with Gasteiger partial charge in [-0.25, -0.2) is 9.18 Å². The zero-order valence-corrected chi connectivity index (χ0v) is 12.5. The standard InChI is InChI=1S/C17H16FNO4/c1-23-17(22)15(10-12-4-2-3-5-14(12)18)19-16(21)11-6-8-13(20)9-7-11/h2-9,15,20H,10H2,1H3,(H,19,21)/t15-/m0/s1. The van der Waals surface area contributed by atoms with Gasteiger partial charge in [0, 0.05) is 12.0 Å². The summed E-state index contributed by atoms with van der Waals surface area (Å²) in [4.78, 5) is 24.0. The van der Waals surface area contributed by atoms with Gasteiger partial charge in [0.25, 0.3) is 5.91 Å². The van der Waals surface area contributed by atoms with Crippen molar-refractivity contribution in [3.63, 3.8) is 0 Å². The molecule has 2 N–H and O–H groups in total. The van der Waals surface area contributed by atoms with E-state index in [2.05, 4.69) is 10.1 Å². The Kier molecular flexibility index (Phi) is 5.30. The van der Waals surface area contributed by atoms with Gasteiger partial charge >= 0.3 is 5.97 Å². The topological polar surface area (TPSA) is 75.6 Å². The fourth-order valence-electron chi connectivity index (χ4n) is 2.07. The van der Waals surface area contributed by atoms with Crippen molar-refractivity contribution >= 4 is 11.9 Å². The van der Waals surface area contributed by atoms with Crippen LogP contribution in [0.25, 0.3) is 0 Å². The number of esters is 1. The van der Waals surface area contributed by atoms with Crippen LogP contribution in [-0.4, -0.2) is 30.1 Å². The fraction of sp³-hybridized carbons (Fsp3) is 0.176. The highest BCUT2D eigenvalue weighted by Crippen LogP contribution is 2.12. The van der Waals surface area contributed by atoms with Gasteiger partial charge in [-0.1, -0.05) is 18.2 Å². The summed E-state index contributed by atoms with van der Waals surface area (Å²) < 4.78 is 18.4. The smallest absolute Gasteiger partial charge is 0.328 e. The summed E-state index contributed by atoms with van der Waals surface area (Å²) in [6, 6.07) is 10.6. The lowest BCUT2D eigenvalue weighted by Crippen LogP contribution is -2.43.